The third-order valence-electron chi connectivity index (χ3n) is 2.59. The summed E-state index contributed by atoms with van der Waals surface area (Å²) >= 11 is 0. The van der Waals surface area contributed by atoms with Crippen molar-refractivity contribution in [3.05, 3.63) is 47.5 Å². The molecule has 0 amide bonds. The first-order chi connectivity index (χ1) is 7.20. The molecule has 0 unspecified atom stereocenters. The second-order valence-electron chi connectivity index (χ2n) is 3.78. The summed E-state index contributed by atoms with van der Waals surface area (Å²) in [6.45, 7) is 1.82. The van der Waals surface area contributed by atoms with Crippen molar-refractivity contribution in [1.29, 1.82) is 0 Å². The number of hydrogen-bond acceptors (Lipinski definition) is 2. The Hall–Kier alpha value is -1.38. The molecule has 0 bridgehead atoms. The molecule has 0 saturated carbocycles. The normalized spacial score (nSPS) is 13.0. The lowest BCUT2D eigenvalue weighted by molar-refractivity contribution is 0.199. The smallest absolute Gasteiger partial charge is 0.0762 e. The highest BCUT2D eigenvalue weighted by molar-refractivity contribution is 5.83. The van der Waals surface area contributed by atoms with E-state index in [2.05, 4.69) is 0 Å². The van der Waals surface area contributed by atoms with Gasteiger partial charge in [-0.15, -0.1) is 0 Å². The molecule has 2 heteroatoms. The maximum atomic E-state index is 9.44. The van der Waals surface area contributed by atoms with Gasteiger partial charge in [0.05, 0.1) is 12.7 Å². The van der Waals surface area contributed by atoms with Crippen LogP contribution in [0.25, 0.3) is 10.8 Å². The predicted molar refractivity (Wildman–Crippen MR) is 60.5 cm³/mol. The minimum atomic E-state index is -0.438. The van der Waals surface area contributed by atoms with Gasteiger partial charge < -0.3 is 10.2 Å². The Morgan fingerprint density at radius 2 is 1.73 bits per heavy atom. The van der Waals surface area contributed by atoms with Crippen LogP contribution in [0.1, 0.15) is 24.2 Å². The second-order valence-corrected chi connectivity index (χ2v) is 3.78. The molecule has 0 aliphatic carbocycles. The fourth-order valence-corrected chi connectivity index (χ4v) is 1.67. The third kappa shape index (κ3) is 2.01. The summed E-state index contributed by atoms with van der Waals surface area (Å²) in [5, 5.41) is 20.6. The van der Waals surface area contributed by atoms with Gasteiger partial charge >= 0.3 is 0 Å². The zero-order chi connectivity index (χ0) is 10.8. The standard InChI is InChI=1S/C13H14O2/c1-9(15)11-4-5-12-6-10(8-14)2-3-13(12)7-11/h2-7,9,14-15H,8H2,1H3/t9-/m1/s1. The lowest BCUT2D eigenvalue weighted by atomic mass is 10.0. The highest BCUT2D eigenvalue weighted by Crippen LogP contribution is 2.21. The molecule has 0 spiro atoms. The number of aliphatic hydroxyl groups is 2. The van der Waals surface area contributed by atoms with Crippen LogP contribution < -0.4 is 0 Å². The zero-order valence-electron chi connectivity index (χ0n) is 8.64. The predicted octanol–water partition coefficient (Wildman–Crippen LogP) is 2.39. The van der Waals surface area contributed by atoms with Crippen molar-refractivity contribution >= 4 is 10.8 Å². The number of aliphatic hydroxyl groups excluding tert-OH is 2. The van der Waals surface area contributed by atoms with E-state index in [9.17, 15) is 5.11 Å². The van der Waals surface area contributed by atoms with Crippen molar-refractivity contribution < 1.29 is 10.2 Å². The molecular formula is C13H14O2. The highest BCUT2D eigenvalue weighted by Gasteiger charge is 2.02. The maximum Gasteiger partial charge on any atom is 0.0762 e. The summed E-state index contributed by atoms with van der Waals surface area (Å²) in [7, 11) is 0. The van der Waals surface area contributed by atoms with Crippen LogP contribution in [0.4, 0.5) is 0 Å². The van der Waals surface area contributed by atoms with Gasteiger partial charge in [0.2, 0.25) is 0 Å². The van der Waals surface area contributed by atoms with Gasteiger partial charge in [-0.3, -0.25) is 0 Å². The van der Waals surface area contributed by atoms with Crippen molar-refractivity contribution in [2.24, 2.45) is 0 Å². The Morgan fingerprint density at radius 3 is 2.40 bits per heavy atom. The SMILES string of the molecule is C[C@@H](O)c1ccc2cc(CO)ccc2c1. The molecule has 0 saturated heterocycles. The van der Waals surface area contributed by atoms with Crippen LogP contribution in [0.5, 0.6) is 0 Å². The van der Waals surface area contributed by atoms with Crippen molar-refractivity contribution in [3.8, 4) is 0 Å². The Labute approximate surface area is 88.8 Å². The van der Waals surface area contributed by atoms with Gasteiger partial charge in [-0.2, -0.15) is 0 Å². The van der Waals surface area contributed by atoms with E-state index in [0.29, 0.717) is 0 Å². The summed E-state index contributed by atoms with van der Waals surface area (Å²) in [5.41, 5.74) is 1.83. The quantitative estimate of drug-likeness (QED) is 0.785. The molecule has 2 nitrogen and oxygen atoms in total. The molecule has 2 N–H and O–H groups in total. The molecular weight excluding hydrogens is 188 g/mol. The Morgan fingerprint density at radius 1 is 1.07 bits per heavy atom. The van der Waals surface area contributed by atoms with Gasteiger partial charge in [0.15, 0.2) is 0 Å². The van der Waals surface area contributed by atoms with Gasteiger partial charge in [0, 0.05) is 0 Å². The van der Waals surface area contributed by atoms with Gasteiger partial charge in [-0.25, -0.2) is 0 Å². The third-order valence-corrected chi connectivity index (χ3v) is 2.59. The Kier molecular flexibility index (Phi) is 2.71. The maximum absolute atomic E-state index is 9.44. The van der Waals surface area contributed by atoms with Crippen LogP contribution in [0.2, 0.25) is 0 Å². The van der Waals surface area contributed by atoms with E-state index in [0.717, 1.165) is 21.9 Å². The molecule has 2 rings (SSSR count). The fourth-order valence-electron chi connectivity index (χ4n) is 1.67. The molecule has 0 aliphatic rings. The van der Waals surface area contributed by atoms with Crippen molar-refractivity contribution in [2.75, 3.05) is 0 Å². The Balaban J connectivity index is 2.55. The average Bonchev–Trinajstić information content (AvgIpc) is 2.27. The van der Waals surface area contributed by atoms with Crippen molar-refractivity contribution in [2.45, 2.75) is 19.6 Å². The van der Waals surface area contributed by atoms with E-state index in [1.165, 1.54) is 0 Å². The van der Waals surface area contributed by atoms with Crippen LogP contribution in [0.3, 0.4) is 0 Å². The van der Waals surface area contributed by atoms with Gasteiger partial charge in [0.1, 0.15) is 0 Å². The monoisotopic (exact) mass is 202 g/mol. The average molecular weight is 202 g/mol. The molecule has 2 aromatic carbocycles. The zero-order valence-corrected chi connectivity index (χ0v) is 8.64. The fraction of sp³-hybridized carbons (Fsp3) is 0.231. The topological polar surface area (TPSA) is 40.5 Å². The molecule has 0 heterocycles. The molecule has 2 aromatic rings. The first-order valence-electron chi connectivity index (χ1n) is 5.02. The first kappa shape index (κ1) is 10.1. The highest BCUT2D eigenvalue weighted by atomic mass is 16.3. The van der Waals surface area contributed by atoms with Gasteiger partial charge in [0.25, 0.3) is 0 Å². The summed E-state index contributed by atoms with van der Waals surface area (Å²) in [5.74, 6) is 0. The molecule has 78 valence electrons. The molecule has 0 fully saturated rings. The van der Waals surface area contributed by atoms with E-state index in [1.54, 1.807) is 6.92 Å². The number of rotatable bonds is 2. The molecule has 1 atom stereocenters. The van der Waals surface area contributed by atoms with Crippen LogP contribution in [-0.2, 0) is 6.61 Å². The summed E-state index contributed by atoms with van der Waals surface area (Å²) in [6, 6.07) is 11.7. The van der Waals surface area contributed by atoms with Crippen LogP contribution in [-0.4, -0.2) is 10.2 Å². The summed E-state index contributed by atoms with van der Waals surface area (Å²) < 4.78 is 0. The lowest BCUT2D eigenvalue weighted by Crippen LogP contribution is -1.90. The van der Waals surface area contributed by atoms with Crippen molar-refractivity contribution in [3.63, 3.8) is 0 Å². The number of fused-ring (bicyclic) bond motifs is 1. The summed E-state index contributed by atoms with van der Waals surface area (Å²) in [4.78, 5) is 0. The Bertz CT molecular complexity index is 475. The largest absolute Gasteiger partial charge is 0.392 e. The molecule has 0 aromatic heterocycles. The van der Waals surface area contributed by atoms with Gasteiger partial charge in [-0.1, -0.05) is 24.3 Å². The van der Waals surface area contributed by atoms with E-state index < -0.39 is 6.10 Å². The lowest BCUT2D eigenvalue weighted by Gasteiger charge is -2.07. The van der Waals surface area contributed by atoms with E-state index in [4.69, 9.17) is 5.11 Å². The van der Waals surface area contributed by atoms with Crippen LogP contribution in [0, 0.1) is 0 Å². The van der Waals surface area contributed by atoms with Gasteiger partial charge in [-0.05, 0) is 41.0 Å². The number of benzene rings is 2. The molecule has 0 radical (unpaired) electrons. The second kappa shape index (κ2) is 4.01. The van der Waals surface area contributed by atoms with E-state index >= 15 is 0 Å². The molecule has 0 aliphatic heterocycles. The first-order valence-corrected chi connectivity index (χ1v) is 5.02. The molecule has 15 heavy (non-hydrogen) atoms. The summed E-state index contributed by atoms with van der Waals surface area (Å²) in [6.07, 6.45) is -0.438. The van der Waals surface area contributed by atoms with Crippen LogP contribution in [0.15, 0.2) is 36.4 Å². The minimum Gasteiger partial charge on any atom is -0.392 e. The van der Waals surface area contributed by atoms with E-state index in [1.807, 2.05) is 36.4 Å². The van der Waals surface area contributed by atoms with Crippen LogP contribution >= 0.6 is 0 Å². The van der Waals surface area contributed by atoms with E-state index in [-0.39, 0.29) is 6.61 Å². The minimum absolute atomic E-state index is 0.0636. The van der Waals surface area contributed by atoms with Crippen molar-refractivity contribution in [1.82, 2.24) is 0 Å². The number of hydrogen-bond donors (Lipinski definition) is 2.